The molecule has 0 heterocycles. The molecule has 1 amide bonds. The fraction of sp³-hybridized carbons (Fsp3) is 0.588. The first-order chi connectivity index (χ1) is 10.1. The van der Waals surface area contributed by atoms with Gasteiger partial charge in [-0.1, -0.05) is 13.0 Å². The van der Waals surface area contributed by atoms with Crippen LogP contribution in [0.25, 0.3) is 0 Å². The van der Waals surface area contributed by atoms with Gasteiger partial charge in [-0.25, -0.2) is 0 Å². The first-order valence-corrected chi connectivity index (χ1v) is 8.00. The van der Waals surface area contributed by atoms with Crippen LogP contribution in [0.2, 0.25) is 0 Å². The molecule has 4 nitrogen and oxygen atoms in total. The van der Waals surface area contributed by atoms with E-state index in [1.807, 2.05) is 25.1 Å². The van der Waals surface area contributed by atoms with Crippen LogP contribution >= 0.6 is 0 Å². The molecule has 0 saturated heterocycles. The third-order valence-corrected chi connectivity index (χ3v) is 4.07. The van der Waals surface area contributed by atoms with E-state index in [4.69, 9.17) is 5.73 Å². The zero-order chi connectivity index (χ0) is 15.2. The van der Waals surface area contributed by atoms with E-state index in [1.165, 1.54) is 19.3 Å². The summed E-state index contributed by atoms with van der Waals surface area (Å²) in [6.07, 6.45) is 5.33. The Bertz CT molecular complexity index is 483. The number of hydrogen-bond donors (Lipinski definition) is 2. The second kappa shape index (κ2) is 7.46. The van der Waals surface area contributed by atoms with Gasteiger partial charge < -0.3 is 16.0 Å². The molecular formula is C17H27N3O. The first kappa shape index (κ1) is 15.8. The van der Waals surface area contributed by atoms with Gasteiger partial charge in [-0.2, -0.15) is 0 Å². The van der Waals surface area contributed by atoms with Crippen LogP contribution in [0.4, 0.5) is 11.4 Å². The lowest BCUT2D eigenvalue weighted by Crippen LogP contribution is -2.28. The van der Waals surface area contributed by atoms with E-state index in [9.17, 15) is 4.79 Å². The number of nitrogen functional groups attached to an aromatic ring is 1. The monoisotopic (exact) mass is 289 g/mol. The predicted octanol–water partition coefficient (Wildman–Crippen LogP) is 3.17. The second-order valence-electron chi connectivity index (χ2n) is 5.94. The molecule has 0 aliphatic heterocycles. The summed E-state index contributed by atoms with van der Waals surface area (Å²) in [6, 6.07) is 6.40. The molecule has 0 atom stereocenters. The number of nitrogens with zero attached hydrogens (tertiary/aromatic N) is 1. The Balaban J connectivity index is 1.75. The van der Waals surface area contributed by atoms with Crippen LogP contribution in [-0.4, -0.2) is 29.9 Å². The summed E-state index contributed by atoms with van der Waals surface area (Å²) in [4.78, 5) is 14.6. The minimum atomic E-state index is 0.0796. The minimum Gasteiger partial charge on any atom is -0.398 e. The largest absolute Gasteiger partial charge is 0.398 e. The van der Waals surface area contributed by atoms with E-state index in [0.29, 0.717) is 6.42 Å². The third kappa shape index (κ3) is 4.74. The second-order valence-corrected chi connectivity index (χ2v) is 5.94. The molecule has 3 N–H and O–H groups in total. The van der Waals surface area contributed by atoms with Gasteiger partial charge in [0.25, 0.3) is 0 Å². The summed E-state index contributed by atoms with van der Waals surface area (Å²) in [5.41, 5.74) is 8.34. The molecule has 1 aromatic rings. The SMILES string of the molecule is CCCN(CCCC(=O)Nc1cccc(N)c1C)C1CC1. The molecule has 0 bridgehead atoms. The van der Waals surface area contributed by atoms with Crippen molar-refractivity contribution in [2.45, 2.75) is 52.0 Å². The van der Waals surface area contributed by atoms with Gasteiger partial charge in [-0.05, 0) is 63.4 Å². The maximum Gasteiger partial charge on any atom is 0.224 e. The Morgan fingerprint density at radius 3 is 2.81 bits per heavy atom. The molecule has 0 spiro atoms. The zero-order valence-corrected chi connectivity index (χ0v) is 13.2. The Morgan fingerprint density at radius 2 is 2.14 bits per heavy atom. The number of nitrogens with one attached hydrogen (secondary N) is 1. The molecule has 116 valence electrons. The molecule has 0 unspecified atom stereocenters. The molecule has 4 heteroatoms. The van der Waals surface area contributed by atoms with Gasteiger partial charge in [0.15, 0.2) is 0 Å². The third-order valence-electron chi connectivity index (χ3n) is 4.07. The molecule has 0 aromatic heterocycles. The van der Waals surface area contributed by atoms with Crippen molar-refractivity contribution in [3.63, 3.8) is 0 Å². The lowest BCUT2D eigenvalue weighted by atomic mass is 10.1. The van der Waals surface area contributed by atoms with E-state index in [2.05, 4.69) is 17.1 Å². The van der Waals surface area contributed by atoms with Crippen LogP contribution in [-0.2, 0) is 4.79 Å². The molecule has 1 aliphatic rings. The van der Waals surface area contributed by atoms with Crippen LogP contribution in [0.3, 0.4) is 0 Å². The molecule has 1 saturated carbocycles. The highest BCUT2D eigenvalue weighted by Gasteiger charge is 2.27. The molecule has 2 rings (SSSR count). The average molecular weight is 289 g/mol. The highest BCUT2D eigenvalue weighted by molar-refractivity contribution is 5.92. The molecular weight excluding hydrogens is 262 g/mol. The van der Waals surface area contributed by atoms with Crippen molar-refractivity contribution in [1.82, 2.24) is 4.90 Å². The summed E-state index contributed by atoms with van der Waals surface area (Å²) >= 11 is 0. The van der Waals surface area contributed by atoms with Crippen molar-refractivity contribution < 1.29 is 4.79 Å². The van der Waals surface area contributed by atoms with Crippen molar-refractivity contribution >= 4 is 17.3 Å². The average Bonchev–Trinajstić information content (AvgIpc) is 3.27. The van der Waals surface area contributed by atoms with Crippen LogP contribution in [0.15, 0.2) is 18.2 Å². The minimum absolute atomic E-state index is 0.0796. The van der Waals surface area contributed by atoms with Gasteiger partial charge in [0.2, 0.25) is 5.91 Å². The topological polar surface area (TPSA) is 58.4 Å². The van der Waals surface area contributed by atoms with Crippen molar-refractivity contribution in [3.8, 4) is 0 Å². The van der Waals surface area contributed by atoms with E-state index in [1.54, 1.807) is 0 Å². The highest BCUT2D eigenvalue weighted by Crippen LogP contribution is 2.27. The van der Waals surface area contributed by atoms with Crippen molar-refractivity contribution in [2.75, 3.05) is 24.1 Å². The van der Waals surface area contributed by atoms with Crippen molar-refractivity contribution in [2.24, 2.45) is 0 Å². The van der Waals surface area contributed by atoms with Gasteiger partial charge in [-0.3, -0.25) is 4.79 Å². The van der Waals surface area contributed by atoms with Gasteiger partial charge in [-0.15, -0.1) is 0 Å². The molecule has 1 aliphatic carbocycles. The quantitative estimate of drug-likeness (QED) is 0.723. The molecule has 1 fully saturated rings. The van der Waals surface area contributed by atoms with Crippen LogP contribution in [0.5, 0.6) is 0 Å². The Hall–Kier alpha value is -1.55. The van der Waals surface area contributed by atoms with E-state index in [-0.39, 0.29) is 5.91 Å². The van der Waals surface area contributed by atoms with Crippen molar-refractivity contribution in [3.05, 3.63) is 23.8 Å². The van der Waals surface area contributed by atoms with Crippen LogP contribution in [0.1, 0.15) is 44.6 Å². The Labute approximate surface area is 127 Å². The van der Waals surface area contributed by atoms with Gasteiger partial charge >= 0.3 is 0 Å². The van der Waals surface area contributed by atoms with Crippen LogP contribution in [0, 0.1) is 6.92 Å². The summed E-state index contributed by atoms with van der Waals surface area (Å²) in [5.74, 6) is 0.0796. The molecule has 21 heavy (non-hydrogen) atoms. The number of carbonyl (C=O) groups excluding carboxylic acids is 1. The zero-order valence-electron chi connectivity index (χ0n) is 13.2. The fourth-order valence-corrected chi connectivity index (χ4v) is 2.65. The predicted molar refractivity (Wildman–Crippen MR) is 88.3 cm³/mol. The lowest BCUT2D eigenvalue weighted by Gasteiger charge is -2.20. The standard InChI is InChI=1S/C17H27N3O/c1-3-11-20(14-9-10-14)12-5-8-17(21)19-16-7-4-6-15(18)13(16)2/h4,6-7,14H,3,5,8-12,18H2,1-2H3,(H,19,21). The van der Waals surface area contributed by atoms with Gasteiger partial charge in [0.1, 0.15) is 0 Å². The molecule has 1 aromatic carbocycles. The maximum atomic E-state index is 12.0. The van der Waals surface area contributed by atoms with Crippen LogP contribution < -0.4 is 11.1 Å². The number of nitrogens with two attached hydrogens (primary N) is 1. The maximum absolute atomic E-state index is 12.0. The lowest BCUT2D eigenvalue weighted by molar-refractivity contribution is -0.116. The Kier molecular flexibility index (Phi) is 5.62. The number of amides is 1. The first-order valence-electron chi connectivity index (χ1n) is 8.00. The summed E-state index contributed by atoms with van der Waals surface area (Å²) < 4.78 is 0. The summed E-state index contributed by atoms with van der Waals surface area (Å²) in [6.45, 7) is 6.33. The number of hydrogen-bond acceptors (Lipinski definition) is 3. The van der Waals surface area contributed by atoms with Gasteiger partial charge in [0, 0.05) is 23.8 Å². The number of anilines is 2. The Morgan fingerprint density at radius 1 is 1.38 bits per heavy atom. The van der Waals surface area contributed by atoms with E-state index in [0.717, 1.165) is 42.5 Å². The van der Waals surface area contributed by atoms with E-state index < -0.39 is 0 Å². The van der Waals surface area contributed by atoms with Crippen molar-refractivity contribution in [1.29, 1.82) is 0 Å². The van der Waals surface area contributed by atoms with Gasteiger partial charge in [0.05, 0.1) is 0 Å². The number of carbonyl (C=O) groups is 1. The number of benzene rings is 1. The summed E-state index contributed by atoms with van der Waals surface area (Å²) in [7, 11) is 0. The normalized spacial score (nSPS) is 14.4. The highest BCUT2D eigenvalue weighted by atomic mass is 16.1. The number of rotatable bonds is 8. The fourth-order valence-electron chi connectivity index (χ4n) is 2.65. The molecule has 0 radical (unpaired) electrons. The summed E-state index contributed by atoms with van der Waals surface area (Å²) in [5, 5.41) is 2.96. The smallest absolute Gasteiger partial charge is 0.224 e. The van der Waals surface area contributed by atoms with E-state index >= 15 is 0 Å².